The summed E-state index contributed by atoms with van der Waals surface area (Å²) in [5.74, 6) is 0.195. The van der Waals surface area contributed by atoms with Gasteiger partial charge < -0.3 is 9.88 Å². The lowest BCUT2D eigenvalue weighted by atomic mass is 10.2. The number of aromatic nitrogens is 3. The number of sulfonamides is 1. The van der Waals surface area contributed by atoms with E-state index < -0.39 is 15.8 Å². The van der Waals surface area contributed by atoms with Gasteiger partial charge in [0.25, 0.3) is 0 Å². The first-order valence-electron chi connectivity index (χ1n) is 8.23. The normalized spacial score (nSPS) is 18.5. The van der Waals surface area contributed by atoms with Gasteiger partial charge in [0.1, 0.15) is 23.6 Å². The van der Waals surface area contributed by atoms with Gasteiger partial charge >= 0.3 is 0 Å². The number of anilines is 1. The summed E-state index contributed by atoms with van der Waals surface area (Å²) in [6.45, 7) is 0.709. The number of fused-ring (bicyclic) bond motifs is 1. The van der Waals surface area contributed by atoms with E-state index >= 15 is 0 Å². The van der Waals surface area contributed by atoms with E-state index in [9.17, 15) is 12.8 Å². The van der Waals surface area contributed by atoms with Gasteiger partial charge in [-0.2, -0.15) is 4.31 Å². The van der Waals surface area contributed by atoms with Crippen LogP contribution in [0.2, 0.25) is 0 Å². The molecule has 3 heterocycles. The summed E-state index contributed by atoms with van der Waals surface area (Å²) in [6, 6.07) is 6.99. The van der Waals surface area contributed by atoms with Crippen LogP contribution in [-0.2, 0) is 10.0 Å². The van der Waals surface area contributed by atoms with Crippen molar-refractivity contribution in [2.75, 3.05) is 25.0 Å². The highest BCUT2D eigenvalue weighted by atomic mass is 32.2. The van der Waals surface area contributed by atoms with Gasteiger partial charge in [-0.15, -0.1) is 0 Å². The third kappa shape index (κ3) is 2.82. The van der Waals surface area contributed by atoms with Crippen LogP contribution in [0.15, 0.2) is 47.8 Å². The van der Waals surface area contributed by atoms with Crippen molar-refractivity contribution in [3.63, 3.8) is 0 Å². The molecule has 3 aromatic rings. The van der Waals surface area contributed by atoms with Crippen LogP contribution >= 0.6 is 0 Å². The van der Waals surface area contributed by atoms with Crippen LogP contribution in [0.3, 0.4) is 0 Å². The van der Waals surface area contributed by atoms with Crippen molar-refractivity contribution >= 4 is 26.9 Å². The van der Waals surface area contributed by atoms with Crippen LogP contribution < -0.4 is 4.90 Å². The van der Waals surface area contributed by atoms with Crippen molar-refractivity contribution in [1.29, 1.82) is 0 Å². The summed E-state index contributed by atoms with van der Waals surface area (Å²) in [7, 11) is -1.81. The van der Waals surface area contributed by atoms with E-state index in [2.05, 4.69) is 15.0 Å². The molecule has 0 radical (unpaired) electrons. The van der Waals surface area contributed by atoms with Crippen molar-refractivity contribution in [2.24, 2.45) is 0 Å². The Morgan fingerprint density at radius 3 is 2.96 bits per heavy atom. The maximum absolute atomic E-state index is 13.4. The van der Waals surface area contributed by atoms with Gasteiger partial charge in [-0.1, -0.05) is 6.07 Å². The number of H-pyrrole nitrogens is 1. The Labute approximate surface area is 150 Å². The predicted molar refractivity (Wildman–Crippen MR) is 95.9 cm³/mol. The first-order valence-corrected chi connectivity index (χ1v) is 9.67. The molecule has 4 rings (SSSR count). The standard InChI is InChI=1S/C17H18FN5O2S/c1-22(17-15-5-7-19-16(15)20-11-21-17)13-6-8-23(10-13)26(24,25)14-4-2-3-12(18)9-14/h2-5,7,9,11,13H,6,8,10H2,1H3,(H,19,20,21). The molecule has 1 unspecified atom stereocenters. The van der Waals surface area contributed by atoms with Crippen molar-refractivity contribution in [1.82, 2.24) is 19.3 Å². The molecule has 0 aliphatic carbocycles. The molecule has 136 valence electrons. The van der Waals surface area contributed by atoms with Crippen LogP contribution in [0.5, 0.6) is 0 Å². The largest absolute Gasteiger partial charge is 0.355 e. The highest BCUT2D eigenvalue weighted by Crippen LogP contribution is 2.28. The fourth-order valence-electron chi connectivity index (χ4n) is 3.33. The number of hydrogen-bond acceptors (Lipinski definition) is 5. The molecule has 26 heavy (non-hydrogen) atoms. The molecule has 0 spiro atoms. The molecule has 7 nitrogen and oxygen atoms in total. The van der Waals surface area contributed by atoms with E-state index in [1.54, 1.807) is 6.20 Å². The Hall–Kier alpha value is -2.52. The summed E-state index contributed by atoms with van der Waals surface area (Å²) >= 11 is 0. The van der Waals surface area contributed by atoms with E-state index in [0.717, 1.165) is 22.9 Å². The summed E-state index contributed by atoms with van der Waals surface area (Å²) in [5, 5.41) is 0.890. The van der Waals surface area contributed by atoms with Crippen LogP contribution in [0, 0.1) is 5.82 Å². The number of likely N-dealkylation sites (N-methyl/N-ethyl adjacent to an activating group) is 1. The lowest BCUT2D eigenvalue weighted by molar-refractivity contribution is 0.469. The molecular weight excluding hydrogens is 357 g/mol. The zero-order chi connectivity index (χ0) is 18.3. The summed E-state index contributed by atoms with van der Waals surface area (Å²) in [5.41, 5.74) is 0.740. The molecule has 1 aliphatic rings. The average molecular weight is 375 g/mol. The molecule has 0 saturated carbocycles. The monoisotopic (exact) mass is 375 g/mol. The number of nitrogens with zero attached hydrogens (tertiary/aromatic N) is 4. The third-order valence-corrected chi connectivity index (χ3v) is 6.64. The average Bonchev–Trinajstić information content (AvgIpc) is 3.30. The fraction of sp³-hybridized carbons (Fsp3) is 0.294. The molecule has 1 fully saturated rings. The van der Waals surface area contributed by atoms with Crippen molar-refractivity contribution in [3.8, 4) is 0 Å². The number of benzene rings is 1. The highest BCUT2D eigenvalue weighted by molar-refractivity contribution is 7.89. The fourth-order valence-corrected chi connectivity index (χ4v) is 4.86. The van der Waals surface area contributed by atoms with Crippen LogP contribution in [-0.4, -0.2) is 53.9 Å². The molecule has 2 aromatic heterocycles. The second-order valence-corrected chi connectivity index (χ2v) is 8.25. The summed E-state index contributed by atoms with van der Waals surface area (Å²) in [4.78, 5) is 13.5. The number of hydrogen-bond donors (Lipinski definition) is 1. The third-order valence-electron chi connectivity index (χ3n) is 4.77. The topological polar surface area (TPSA) is 82.2 Å². The zero-order valence-corrected chi connectivity index (χ0v) is 14.9. The van der Waals surface area contributed by atoms with Crippen molar-refractivity contribution in [3.05, 3.63) is 48.7 Å². The number of halogens is 1. The lowest BCUT2D eigenvalue weighted by Gasteiger charge is -2.26. The van der Waals surface area contributed by atoms with Gasteiger partial charge in [-0.3, -0.25) is 0 Å². The minimum atomic E-state index is -3.71. The lowest BCUT2D eigenvalue weighted by Crippen LogP contribution is -2.37. The van der Waals surface area contributed by atoms with Crippen LogP contribution in [0.25, 0.3) is 11.0 Å². The molecule has 1 atom stereocenters. The van der Waals surface area contributed by atoms with E-state index in [4.69, 9.17) is 0 Å². The van der Waals surface area contributed by atoms with E-state index in [0.29, 0.717) is 19.5 Å². The second-order valence-electron chi connectivity index (χ2n) is 6.31. The van der Waals surface area contributed by atoms with Crippen molar-refractivity contribution < 1.29 is 12.8 Å². The summed E-state index contributed by atoms with van der Waals surface area (Å²) in [6.07, 6.45) is 3.95. The molecule has 9 heteroatoms. The van der Waals surface area contributed by atoms with Crippen LogP contribution in [0.4, 0.5) is 10.2 Å². The molecule has 0 amide bonds. The molecule has 1 aliphatic heterocycles. The first-order chi connectivity index (χ1) is 12.5. The second kappa shape index (κ2) is 6.33. The summed E-state index contributed by atoms with van der Waals surface area (Å²) < 4.78 is 40.4. The Morgan fingerprint density at radius 1 is 1.31 bits per heavy atom. The molecule has 1 saturated heterocycles. The van der Waals surface area contributed by atoms with Gasteiger partial charge in [-0.25, -0.2) is 22.8 Å². The van der Waals surface area contributed by atoms with Gasteiger partial charge in [0, 0.05) is 32.4 Å². The van der Waals surface area contributed by atoms with E-state index in [1.165, 1.54) is 28.8 Å². The zero-order valence-electron chi connectivity index (χ0n) is 14.1. The van der Waals surface area contributed by atoms with Gasteiger partial charge in [0.2, 0.25) is 10.0 Å². The van der Waals surface area contributed by atoms with E-state index in [-0.39, 0.29) is 10.9 Å². The molecule has 0 bridgehead atoms. The number of aromatic amines is 1. The van der Waals surface area contributed by atoms with Gasteiger partial charge in [0.15, 0.2) is 0 Å². The Bertz CT molecular complexity index is 1050. The smallest absolute Gasteiger partial charge is 0.243 e. The van der Waals surface area contributed by atoms with Crippen molar-refractivity contribution in [2.45, 2.75) is 17.4 Å². The number of nitrogens with one attached hydrogen (secondary N) is 1. The maximum Gasteiger partial charge on any atom is 0.243 e. The molecule has 1 aromatic carbocycles. The molecule has 1 N–H and O–H groups in total. The Kier molecular flexibility index (Phi) is 4.12. The van der Waals surface area contributed by atoms with Crippen LogP contribution in [0.1, 0.15) is 6.42 Å². The number of rotatable bonds is 4. The quantitative estimate of drug-likeness (QED) is 0.754. The SMILES string of the molecule is CN(c1ncnc2[nH]ccc12)C1CCN(S(=O)(=O)c2cccc(F)c2)C1. The maximum atomic E-state index is 13.4. The minimum absolute atomic E-state index is 0.0177. The Morgan fingerprint density at radius 2 is 2.15 bits per heavy atom. The highest BCUT2D eigenvalue weighted by Gasteiger charge is 2.35. The minimum Gasteiger partial charge on any atom is -0.355 e. The predicted octanol–water partition coefficient (Wildman–Crippen LogP) is 2.00. The first kappa shape index (κ1) is 16.9. The van der Waals surface area contributed by atoms with Gasteiger partial charge in [0.05, 0.1) is 10.3 Å². The van der Waals surface area contributed by atoms with E-state index in [1.807, 2.05) is 18.0 Å². The van der Waals surface area contributed by atoms with Gasteiger partial charge in [-0.05, 0) is 30.7 Å². The molecular formula is C17H18FN5O2S. The Balaban J connectivity index is 1.58.